The topological polar surface area (TPSA) is 42.4 Å². The minimum Gasteiger partial charge on any atom is -0.481 e. The summed E-state index contributed by atoms with van der Waals surface area (Å²) in [6.07, 6.45) is 1.52. The van der Waals surface area contributed by atoms with E-state index in [1.165, 1.54) is 4.70 Å². The van der Waals surface area contributed by atoms with Crippen molar-refractivity contribution in [2.45, 2.75) is 31.8 Å². The molecular formula is C21H21ClN2O2S. The number of likely N-dealkylation sites (tertiary alicyclic amines) is 1. The van der Waals surface area contributed by atoms with E-state index in [4.69, 9.17) is 21.3 Å². The van der Waals surface area contributed by atoms with Gasteiger partial charge in [-0.15, -0.1) is 11.3 Å². The van der Waals surface area contributed by atoms with Gasteiger partial charge in [0.2, 0.25) is 0 Å². The number of aromatic nitrogens is 1. The van der Waals surface area contributed by atoms with E-state index in [-0.39, 0.29) is 5.91 Å². The highest BCUT2D eigenvalue weighted by molar-refractivity contribution is 7.18. The van der Waals surface area contributed by atoms with E-state index < -0.39 is 6.10 Å². The number of fused-ring (bicyclic) bond motifs is 1. The first kappa shape index (κ1) is 18.3. The highest BCUT2D eigenvalue weighted by atomic mass is 35.5. The predicted molar refractivity (Wildman–Crippen MR) is 110 cm³/mol. The standard InChI is InChI=1S/C21H21ClN2O2S/c1-14(26-17-10-8-16(22)9-11-17)21(25)24-12-4-5-15(13-24)20-23-18-6-2-3-7-19(18)27-20/h2-3,6-11,14-15H,4-5,12-13H2,1H3/t14-,15+/m0/s1. The van der Waals surface area contributed by atoms with E-state index in [1.807, 2.05) is 23.1 Å². The lowest BCUT2D eigenvalue weighted by atomic mass is 9.98. The molecule has 0 aliphatic carbocycles. The van der Waals surface area contributed by atoms with Gasteiger partial charge >= 0.3 is 0 Å². The van der Waals surface area contributed by atoms with Gasteiger partial charge in [-0.25, -0.2) is 4.98 Å². The van der Waals surface area contributed by atoms with Crippen LogP contribution in [-0.4, -0.2) is 35.0 Å². The second kappa shape index (κ2) is 7.87. The summed E-state index contributed by atoms with van der Waals surface area (Å²) in [7, 11) is 0. The normalized spacial score (nSPS) is 18.4. The summed E-state index contributed by atoms with van der Waals surface area (Å²) >= 11 is 7.64. The zero-order valence-electron chi connectivity index (χ0n) is 15.1. The molecule has 1 aliphatic rings. The molecule has 1 saturated heterocycles. The number of amides is 1. The molecule has 3 aromatic rings. The van der Waals surface area contributed by atoms with E-state index in [2.05, 4.69) is 6.07 Å². The molecule has 1 aliphatic heterocycles. The molecular weight excluding hydrogens is 380 g/mol. The maximum Gasteiger partial charge on any atom is 0.263 e. The molecule has 0 saturated carbocycles. The Morgan fingerprint density at radius 3 is 2.81 bits per heavy atom. The van der Waals surface area contributed by atoms with Crippen LogP contribution in [0, 0.1) is 0 Å². The van der Waals surface area contributed by atoms with Gasteiger partial charge in [-0.1, -0.05) is 23.7 Å². The maximum absolute atomic E-state index is 12.9. The Morgan fingerprint density at radius 2 is 2.04 bits per heavy atom. The van der Waals surface area contributed by atoms with Crippen LogP contribution in [0.2, 0.25) is 5.02 Å². The highest BCUT2D eigenvalue weighted by Gasteiger charge is 2.30. The molecule has 0 radical (unpaired) electrons. The molecule has 6 heteroatoms. The van der Waals surface area contributed by atoms with Crippen molar-refractivity contribution >= 4 is 39.1 Å². The van der Waals surface area contributed by atoms with Crippen molar-refractivity contribution in [1.82, 2.24) is 9.88 Å². The smallest absolute Gasteiger partial charge is 0.263 e. The molecule has 4 nitrogen and oxygen atoms in total. The number of halogens is 1. The Morgan fingerprint density at radius 1 is 1.26 bits per heavy atom. The number of ether oxygens (including phenoxy) is 1. The molecule has 0 bridgehead atoms. The number of carbonyl (C=O) groups is 1. The summed E-state index contributed by atoms with van der Waals surface area (Å²) in [6, 6.07) is 15.3. The molecule has 2 aromatic carbocycles. The van der Waals surface area contributed by atoms with Gasteiger partial charge < -0.3 is 9.64 Å². The lowest BCUT2D eigenvalue weighted by molar-refractivity contribution is -0.139. The van der Waals surface area contributed by atoms with Crippen LogP contribution in [-0.2, 0) is 4.79 Å². The van der Waals surface area contributed by atoms with Crippen molar-refractivity contribution in [2.24, 2.45) is 0 Å². The number of hydrogen-bond acceptors (Lipinski definition) is 4. The van der Waals surface area contributed by atoms with E-state index in [1.54, 1.807) is 42.5 Å². The summed E-state index contributed by atoms with van der Waals surface area (Å²) in [5, 5.41) is 1.77. The lowest BCUT2D eigenvalue weighted by Gasteiger charge is -2.33. The number of nitrogens with zero attached hydrogens (tertiary/aromatic N) is 2. The van der Waals surface area contributed by atoms with Crippen LogP contribution in [0.1, 0.15) is 30.7 Å². The Labute approximate surface area is 167 Å². The Balaban J connectivity index is 1.43. The van der Waals surface area contributed by atoms with Gasteiger partial charge in [0, 0.05) is 24.0 Å². The zero-order valence-corrected chi connectivity index (χ0v) is 16.7. The van der Waals surface area contributed by atoms with Gasteiger partial charge in [-0.05, 0) is 56.2 Å². The molecule has 1 amide bonds. The van der Waals surface area contributed by atoms with Crippen molar-refractivity contribution in [3.05, 3.63) is 58.6 Å². The van der Waals surface area contributed by atoms with Crippen molar-refractivity contribution in [1.29, 1.82) is 0 Å². The van der Waals surface area contributed by atoms with E-state index in [9.17, 15) is 4.79 Å². The SMILES string of the molecule is C[C@H](Oc1ccc(Cl)cc1)C(=O)N1CCC[C@@H](c2nc3ccccc3s2)C1. The van der Waals surface area contributed by atoms with Crippen LogP contribution in [0.5, 0.6) is 5.75 Å². The van der Waals surface area contributed by atoms with Gasteiger partial charge in [0.25, 0.3) is 5.91 Å². The summed E-state index contributed by atoms with van der Waals surface area (Å²) in [6.45, 7) is 3.28. The fourth-order valence-electron chi connectivity index (χ4n) is 3.47. The van der Waals surface area contributed by atoms with Gasteiger partial charge in [0.05, 0.1) is 15.2 Å². The predicted octanol–water partition coefficient (Wildman–Crippen LogP) is 5.12. The van der Waals surface area contributed by atoms with Crippen molar-refractivity contribution in [3.63, 3.8) is 0 Å². The van der Waals surface area contributed by atoms with Gasteiger partial charge in [-0.2, -0.15) is 0 Å². The average molecular weight is 401 g/mol. The summed E-state index contributed by atoms with van der Waals surface area (Å²) in [5.74, 6) is 0.971. The molecule has 140 valence electrons. The lowest BCUT2D eigenvalue weighted by Crippen LogP contribution is -2.45. The Bertz CT molecular complexity index is 908. The van der Waals surface area contributed by atoms with Crippen molar-refractivity contribution in [2.75, 3.05) is 13.1 Å². The first-order valence-electron chi connectivity index (χ1n) is 9.16. The minimum atomic E-state index is -0.528. The first-order valence-corrected chi connectivity index (χ1v) is 10.4. The molecule has 1 fully saturated rings. The van der Waals surface area contributed by atoms with Gasteiger partial charge in [0.15, 0.2) is 6.10 Å². The quantitative estimate of drug-likeness (QED) is 0.610. The summed E-state index contributed by atoms with van der Waals surface area (Å²) in [5.41, 5.74) is 1.04. The number of thiazole rings is 1. The van der Waals surface area contributed by atoms with E-state index in [0.29, 0.717) is 23.2 Å². The molecule has 0 spiro atoms. The largest absolute Gasteiger partial charge is 0.481 e. The fourth-order valence-corrected chi connectivity index (χ4v) is 4.69. The van der Waals surface area contributed by atoms with Crippen LogP contribution < -0.4 is 4.74 Å². The number of carbonyl (C=O) groups excluding carboxylic acids is 1. The maximum atomic E-state index is 12.9. The van der Waals surface area contributed by atoms with E-state index >= 15 is 0 Å². The number of para-hydroxylation sites is 1. The zero-order chi connectivity index (χ0) is 18.8. The van der Waals surface area contributed by atoms with Crippen LogP contribution in [0.15, 0.2) is 48.5 Å². The number of piperidine rings is 1. The van der Waals surface area contributed by atoms with Gasteiger partial charge in [0.1, 0.15) is 5.75 Å². The molecule has 27 heavy (non-hydrogen) atoms. The third-order valence-electron chi connectivity index (χ3n) is 4.87. The monoisotopic (exact) mass is 400 g/mol. The molecule has 2 heterocycles. The number of rotatable bonds is 4. The third-order valence-corrected chi connectivity index (χ3v) is 6.32. The number of hydrogen-bond donors (Lipinski definition) is 0. The van der Waals surface area contributed by atoms with Crippen LogP contribution >= 0.6 is 22.9 Å². The number of benzene rings is 2. The Hall–Kier alpha value is -2.11. The second-order valence-corrected chi connectivity index (χ2v) is 8.36. The first-order chi connectivity index (χ1) is 13.1. The van der Waals surface area contributed by atoms with Crippen molar-refractivity contribution in [3.8, 4) is 5.75 Å². The van der Waals surface area contributed by atoms with Crippen LogP contribution in [0.25, 0.3) is 10.2 Å². The second-order valence-electron chi connectivity index (χ2n) is 6.86. The third kappa shape index (κ3) is 4.09. The van der Waals surface area contributed by atoms with E-state index in [0.717, 1.165) is 29.9 Å². The van der Waals surface area contributed by atoms with Crippen LogP contribution in [0.4, 0.5) is 0 Å². The summed E-state index contributed by atoms with van der Waals surface area (Å²) in [4.78, 5) is 19.6. The summed E-state index contributed by atoms with van der Waals surface area (Å²) < 4.78 is 7.01. The van der Waals surface area contributed by atoms with Crippen LogP contribution in [0.3, 0.4) is 0 Å². The fraction of sp³-hybridized carbons (Fsp3) is 0.333. The molecule has 4 rings (SSSR count). The molecule has 0 unspecified atom stereocenters. The highest BCUT2D eigenvalue weighted by Crippen LogP contribution is 2.33. The minimum absolute atomic E-state index is 0.0239. The Kier molecular flexibility index (Phi) is 5.32. The molecule has 0 N–H and O–H groups in total. The molecule has 1 aromatic heterocycles. The van der Waals surface area contributed by atoms with Gasteiger partial charge in [-0.3, -0.25) is 4.79 Å². The molecule has 2 atom stereocenters. The van der Waals surface area contributed by atoms with Crippen molar-refractivity contribution < 1.29 is 9.53 Å². The average Bonchev–Trinajstić information content (AvgIpc) is 3.13.